The summed E-state index contributed by atoms with van der Waals surface area (Å²) < 4.78 is 12.1. The lowest BCUT2D eigenvalue weighted by atomic mass is 10.2. The second-order valence-corrected chi connectivity index (χ2v) is 5.36. The number of anilines is 1. The van der Waals surface area contributed by atoms with Crippen molar-refractivity contribution in [2.24, 2.45) is 0 Å². The molecule has 0 atom stereocenters. The predicted molar refractivity (Wildman–Crippen MR) is 81.8 cm³/mol. The molecular formula is C12H17BrN6O2. The molecule has 1 aromatic carbocycles. The third-order valence-electron chi connectivity index (χ3n) is 2.64. The number of rotatable bonds is 6. The largest absolute Gasteiger partial charge is 0.493 e. The molecule has 0 aliphatic rings. The molecule has 0 spiro atoms. The number of ether oxygens (including phenoxy) is 2. The molecule has 0 aliphatic heterocycles. The maximum Gasteiger partial charge on any atom is 0.260 e. The zero-order valence-electron chi connectivity index (χ0n) is 12.0. The van der Waals surface area contributed by atoms with Gasteiger partial charge in [-0.3, -0.25) is 0 Å². The van der Waals surface area contributed by atoms with Crippen LogP contribution in [0.3, 0.4) is 0 Å². The van der Waals surface area contributed by atoms with Crippen LogP contribution >= 0.6 is 15.9 Å². The van der Waals surface area contributed by atoms with Crippen molar-refractivity contribution in [3.63, 3.8) is 0 Å². The maximum atomic E-state index is 5.86. The maximum absolute atomic E-state index is 5.86. The van der Waals surface area contributed by atoms with Gasteiger partial charge in [0.25, 0.3) is 5.95 Å². The van der Waals surface area contributed by atoms with E-state index in [0.717, 1.165) is 10.0 Å². The van der Waals surface area contributed by atoms with Gasteiger partial charge in [0.2, 0.25) is 0 Å². The Morgan fingerprint density at radius 3 is 2.76 bits per heavy atom. The van der Waals surface area contributed by atoms with Crippen LogP contribution in [0.25, 0.3) is 0 Å². The van der Waals surface area contributed by atoms with Crippen LogP contribution in [0.1, 0.15) is 19.4 Å². The van der Waals surface area contributed by atoms with E-state index >= 15 is 0 Å². The molecule has 9 heteroatoms. The van der Waals surface area contributed by atoms with E-state index in [0.29, 0.717) is 18.0 Å². The Kier molecular flexibility index (Phi) is 4.84. The molecule has 0 bridgehead atoms. The summed E-state index contributed by atoms with van der Waals surface area (Å²) >= 11 is 3.52. The van der Waals surface area contributed by atoms with Crippen LogP contribution in [-0.2, 0) is 6.54 Å². The van der Waals surface area contributed by atoms with Gasteiger partial charge in [0.1, 0.15) is 0 Å². The number of tetrazole rings is 1. The van der Waals surface area contributed by atoms with E-state index in [1.807, 2.05) is 26.0 Å². The Morgan fingerprint density at radius 1 is 1.43 bits per heavy atom. The van der Waals surface area contributed by atoms with Gasteiger partial charge >= 0.3 is 0 Å². The number of nitrogens with two attached hydrogens (primary N) is 1. The number of benzene rings is 1. The molecule has 2 aromatic rings. The van der Waals surface area contributed by atoms with Crippen molar-refractivity contribution in [3.05, 3.63) is 22.2 Å². The highest BCUT2D eigenvalue weighted by molar-refractivity contribution is 9.10. The monoisotopic (exact) mass is 356 g/mol. The lowest BCUT2D eigenvalue weighted by Gasteiger charge is -2.19. The van der Waals surface area contributed by atoms with E-state index in [4.69, 9.17) is 15.2 Å². The summed E-state index contributed by atoms with van der Waals surface area (Å²) in [5.74, 6) is 1.51. The van der Waals surface area contributed by atoms with Crippen molar-refractivity contribution in [3.8, 4) is 11.5 Å². The molecule has 2 rings (SSSR count). The molecule has 0 unspecified atom stereocenters. The number of methoxy groups -OCH3 is 1. The van der Waals surface area contributed by atoms with Crippen molar-refractivity contribution < 1.29 is 9.47 Å². The minimum Gasteiger partial charge on any atom is -0.493 e. The number of aromatic nitrogens is 4. The highest BCUT2D eigenvalue weighted by Crippen LogP contribution is 2.37. The van der Waals surface area contributed by atoms with E-state index in [9.17, 15) is 0 Å². The lowest BCUT2D eigenvalue weighted by molar-refractivity contribution is 0.227. The summed E-state index contributed by atoms with van der Waals surface area (Å²) in [6.07, 6.45) is 0.0186. The van der Waals surface area contributed by atoms with Crippen molar-refractivity contribution in [1.29, 1.82) is 0 Å². The Hall–Kier alpha value is -2.03. The van der Waals surface area contributed by atoms with Gasteiger partial charge in [-0.15, -0.1) is 4.79 Å². The molecule has 0 aliphatic carbocycles. The molecule has 0 saturated carbocycles. The second-order valence-electron chi connectivity index (χ2n) is 4.51. The Labute approximate surface area is 130 Å². The summed E-state index contributed by atoms with van der Waals surface area (Å²) in [4.78, 5) is 1.30. The van der Waals surface area contributed by atoms with Crippen molar-refractivity contribution >= 4 is 21.9 Å². The average Bonchev–Trinajstić information content (AvgIpc) is 2.83. The fourth-order valence-corrected chi connectivity index (χ4v) is 2.19. The molecular weight excluding hydrogens is 340 g/mol. The first-order valence-electron chi connectivity index (χ1n) is 6.32. The molecule has 114 valence electrons. The van der Waals surface area contributed by atoms with Gasteiger partial charge in [0, 0.05) is 10.0 Å². The SMILES string of the molecule is COc1ccc(Br)c(CNn2nnnc2N)c1OC(C)C. The molecule has 1 aromatic heterocycles. The third kappa shape index (κ3) is 3.54. The Morgan fingerprint density at radius 2 is 2.19 bits per heavy atom. The molecule has 8 nitrogen and oxygen atoms in total. The van der Waals surface area contributed by atoms with Gasteiger partial charge in [-0.05, 0) is 36.4 Å². The fourth-order valence-electron chi connectivity index (χ4n) is 1.73. The summed E-state index contributed by atoms with van der Waals surface area (Å²) in [5.41, 5.74) is 9.51. The third-order valence-corrected chi connectivity index (χ3v) is 3.38. The summed E-state index contributed by atoms with van der Waals surface area (Å²) in [6.45, 7) is 4.32. The first kappa shape index (κ1) is 15.4. The number of nitrogens with zero attached hydrogens (tertiary/aromatic N) is 4. The van der Waals surface area contributed by atoms with Crippen LogP contribution < -0.4 is 20.6 Å². The van der Waals surface area contributed by atoms with E-state index in [2.05, 4.69) is 36.9 Å². The van der Waals surface area contributed by atoms with Gasteiger partial charge < -0.3 is 20.6 Å². The van der Waals surface area contributed by atoms with Crippen molar-refractivity contribution in [2.75, 3.05) is 18.3 Å². The van der Waals surface area contributed by atoms with E-state index in [1.165, 1.54) is 4.79 Å². The number of nitrogens with one attached hydrogen (secondary N) is 1. The normalized spacial score (nSPS) is 10.7. The first-order chi connectivity index (χ1) is 10.0. The van der Waals surface area contributed by atoms with Gasteiger partial charge in [-0.2, -0.15) is 0 Å². The van der Waals surface area contributed by atoms with Gasteiger partial charge in [0.15, 0.2) is 11.5 Å². The van der Waals surface area contributed by atoms with E-state index in [1.54, 1.807) is 7.11 Å². The highest BCUT2D eigenvalue weighted by Gasteiger charge is 2.16. The van der Waals surface area contributed by atoms with Crippen LogP contribution in [0.4, 0.5) is 5.95 Å². The van der Waals surface area contributed by atoms with Gasteiger partial charge in [-0.1, -0.05) is 21.0 Å². The summed E-state index contributed by atoms with van der Waals surface area (Å²) in [5, 5.41) is 10.8. The van der Waals surface area contributed by atoms with Gasteiger partial charge in [0.05, 0.1) is 19.8 Å². The fraction of sp³-hybridized carbons (Fsp3) is 0.417. The number of halogens is 1. The lowest BCUT2D eigenvalue weighted by Crippen LogP contribution is -2.19. The standard InChI is InChI=1S/C12H17BrN6O2/c1-7(2)21-11-8(9(13)4-5-10(11)20-3)6-15-19-12(14)16-17-18-19/h4-5,7,15H,6H2,1-3H3,(H2,14,16,18). The molecule has 0 saturated heterocycles. The molecule has 0 radical (unpaired) electrons. The minimum absolute atomic E-state index is 0.0186. The first-order valence-corrected chi connectivity index (χ1v) is 7.12. The van der Waals surface area contributed by atoms with Crippen LogP contribution in [0.5, 0.6) is 11.5 Å². The quantitative estimate of drug-likeness (QED) is 0.809. The summed E-state index contributed by atoms with van der Waals surface area (Å²) in [6, 6.07) is 3.74. The Balaban J connectivity index is 2.29. The summed E-state index contributed by atoms with van der Waals surface area (Å²) in [7, 11) is 1.60. The number of hydrogen-bond acceptors (Lipinski definition) is 7. The Bertz CT molecular complexity index is 616. The van der Waals surface area contributed by atoms with Crippen LogP contribution in [0.2, 0.25) is 0 Å². The number of hydrogen-bond donors (Lipinski definition) is 2. The molecule has 1 heterocycles. The van der Waals surface area contributed by atoms with Crippen LogP contribution in [-0.4, -0.2) is 33.5 Å². The van der Waals surface area contributed by atoms with Gasteiger partial charge in [-0.25, -0.2) is 0 Å². The zero-order chi connectivity index (χ0) is 15.4. The zero-order valence-corrected chi connectivity index (χ0v) is 13.6. The highest BCUT2D eigenvalue weighted by atomic mass is 79.9. The van der Waals surface area contributed by atoms with E-state index < -0.39 is 0 Å². The van der Waals surface area contributed by atoms with Crippen LogP contribution in [0.15, 0.2) is 16.6 Å². The molecule has 3 N–H and O–H groups in total. The predicted octanol–water partition coefficient (Wildman–Crippen LogP) is 1.56. The molecule has 0 fully saturated rings. The second kappa shape index (κ2) is 6.61. The molecule has 21 heavy (non-hydrogen) atoms. The van der Waals surface area contributed by atoms with Crippen molar-refractivity contribution in [1.82, 2.24) is 20.3 Å². The topological polar surface area (TPSA) is 100 Å². The average molecular weight is 357 g/mol. The molecule has 0 amide bonds. The minimum atomic E-state index is 0.0186. The smallest absolute Gasteiger partial charge is 0.260 e. The van der Waals surface area contributed by atoms with E-state index in [-0.39, 0.29) is 12.1 Å². The van der Waals surface area contributed by atoms with Crippen molar-refractivity contribution in [2.45, 2.75) is 26.5 Å². The van der Waals surface area contributed by atoms with Crippen LogP contribution in [0, 0.1) is 0 Å². The number of nitrogen functional groups attached to an aromatic ring is 1.